The fourth-order valence-corrected chi connectivity index (χ4v) is 6.04. The van der Waals surface area contributed by atoms with Crippen LogP contribution in [0, 0.1) is 0 Å². The van der Waals surface area contributed by atoms with E-state index in [9.17, 15) is 28.5 Å². The number of hydrogen-bond donors (Lipinski definition) is 7. The molecule has 2 aromatic heterocycles. The largest absolute Gasteiger partial charge is 0.490 e. The maximum absolute atomic E-state index is 11.9. The number of rotatable bonds is 8. The lowest BCUT2D eigenvalue weighted by molar-refractivity contribution is -0.0422. The number of aliphatic hydroxyl groups is 1. The van der Waals surface area contributed by atoms with E-state index in [0.717, 1.165) is 6.33 Å². The summed E-state index contributed by atoms with van der Waals surface area (Å²) in [6.07, 6.45) is -3.03. The fraction of sp³-hybridized carbons (Fsp3) is 0.500. The molecule has 1 aliphatic rings. The van der Waals surface area contributed by atoms with E-state index in [1.165, 1.54) is 4.57 Å². The molecule has 180 valence electrons. The van der Waals surface area contributed by atoms with E-state index in [1.807, 2.05) is 0 Å². The third-order valence-electron chi connectivity index (χ3n) is 3.84. The second kappa shape index (κ2) is 8.85. The first-order chi connectivity index (χ1) is 14.6. The molecule has 1 aliphatic heterocycles. The average molecular weight is 542 g/mol. The van der Waals surface area contributed by atoms with Gasteiger partial charge in [0, 0.05) is 0 Å². The number of alkyl halides is 1. The van der Waals surface area contributed by atoms with Gasteiger partial charge in [0.15, 0.2) is 17.4 Å². The lowest BCUT2D eigenvalue weighted by atomic mass is 10.2. The first kappa shape index (κ1) is 25.4. The standard InChI is InChI=1S/C10H15ClN5O13P3/c11-4-6(17)3(1-26-31(22,23)29-32(24,25)28-30(19,20)21)27-9(4)16-2-13-5-7(16)14-10(12)15-8(5)18/h2-4,6,9,17H,1H2,(H,22,23)(H,24,25)(H2,19,20,21)(H3,12,14,15,18)/t3-,4+,6?,9-/m1/s1. The monoisotopic (exact) mass is 541 g/mol. The lowest BCUT2D eigenvalue weighted by Crippen LogP contribution is -2.30. The number of fused-ring (bicyclic) bond motifs is 1. The van der Waals surface area contributed by atoms with Crippen LogP contribution in [0.15, 0.2) is 11.1 Å². The Hall–Kier alpha value is -1.23. The zero-order valence-corrected chi connectivity index (χ0v) is 18.7. The quantitative estimate of drug-likeness (QED) is 0.154. The van der Waals surface area contributed by atoms with Crippen LogP contribution >= 0.6 is 35.1 Å². The van der Waals surface area contributed by atoms with Gasteiger partial charge in [-0.05, 0) is 0 Å². The summed E-state index contributed by atoms with van der Waals surface area (Å²) < 4.78 is 52.0. The number of nitrogens with one attached hydrogen (secondary N) is 1. The molecule has 0 bridgehead atoms. The van der Waals surface area contributed by atoms with Crippen LogP contribution in [0.25, 0.3) is 11.2 Å². The summed E-state index contributed by atoms with van der Waals surface area (Å²) in [5.74, 6) is -0.238. The van der Waals surface area contributed by atoms with Crippen molar-refractivity contribution in [1.29, 1.82) is 0 Å². The van der Waals surface area contributed by atoms with Crippen molar-refractivity contribution < 1.29 is 56.3 Å². The Morgan fingerprint density at radius 1 is 1.22 bits per heavy atom. The van der Waals surface area contributed by atoms with Crippen molar-refractivity contribution in [2.24, 2.45) is 0 Å². The normalized spacial score (nSPS) is 27.9. The molecule has 8 N–H and O–H groups in total. The summed E-state index contributed by atoms with van der Waals surface area (Å²) in [6.45, 7) is -0.937. The number of aromatic nitrogens is 4. The highest BCUT2D eigenvalue weighted by Crippen LogP contribution is 2.66. The SMILES string of the molecule is Nc1nc2c(ncn2[C@@H]2O[C@H](COP(=O)(O)OP(=O)(O)OP(=O)(O)O)C(O)[C@@H]2Cl)c(=O)[nH]1. The van der Waals surface area contributed by atoms with E-state index in [0.29, 0.717) is 0 Å². The summed E-state index contributed by atoms with van der Waals surface area (Å²) in [5.41, 5.74) is 4.69. The number of halogens is 1. The molecule has 1 fully saturated rings. The van der Waals surface area contributed by atoms with Gasteiger partial charge in [0.25, 0.3) is 5.56 Å². The van der Waals surface area contributed by atoms with Gasteiger partial charge < -0.3 is 35.2 Å². The summed E-state index contributed by atoms with van der Waals surface area (Å²) in [4.78, 5) is 57.5. The van der Waals surface area contributed by atoms with E-state index in [-0.39, 0.29) is 17.1 Å². The predicted octanol–water partition coefficient (Wildman–Crippen LogP) is -1.09. The van der Waals surface area contributed by atoms with Crippen LogP contribution in [0.1, 0.15) is 6.23 Å². The van der Waals surface area contributed by atoms with Gasteiger partial charge in [0.1, 0.15) is 17.6 Å². The van der Waals surface area contributed by atoms with Crippen LogP contribution in [0.5, 0.6) is 0 Å². The van der Waals surface area contributed by atoms with Crippen molar-refractivity contribution in [2.75, 3.05) is 12.3 Å². The number of aromatic amines is 1. The molecular weight excluding hydrogens is 527 g/mol. The minimum atomic E-state index is -5.71. The van der Waals surface area contributed by atoms with Crippen molar-refractivity contribution in [3.05, 3.63) is 16.7 Å². The summed E-state index contributed by atoms with van der Waals surface area (Å²) in [5, 5.41) is 9.04. The second-order valence-electron chi connectivity index (χ2n) is 6.16. The third kappa shape index (κ3) is 5.81. The van der Waals surface area contributed by atoms with Gasteiger partial charge in [-0.15, -0.1) is 11.6 Å². The number of imidazole rings is 1. The topological polar surface area (TPSA) is 279 Å². The Bertz CT molecular complexity index is 1210. The Balaban J connectivity index is 1.72. The van der Waals surface area contributed by atoms with Gasteiger partial charge in [-0.25, -0.2) is 18.7 Å². The number of nitrogen functional groups attached to an aromatic ring is 1. The zero-order valence-electron chi connectivity index (χ0n) is 15.2. The number of ether oxygens (including phenoxy) is 1. The minimum absolute atomic E-state index is 0.0392. The first-order valence-corrected chi connectivity index (χ1v) is 13.0. The summed E-state index contributed by atoms with van der Waals surface area (Å²) >= 11 is 6.15. The minimum Gasteiger partial charge on any atom is -0.389 e. The van der Waals surface area contributed by atoms with Crippen LogP contribution in [0.4, 0.5) is 5.95 Å². The average Bonchev–Trinajstić information content (AvgIpc) is 3.12. The number of nitrogens with zero attached hydrogens (tertiary/aromatic N) is 3. The molecule has 3 unspecified atom stereocenters. The highest BCUT2D eigenvalue weighted by Gasteiger charge is 2.47. The van der Waals surface area contributed by atoms with E-state index >= 15 is 0 Å². The van der Waals surface area contributed by atoms with Crippen LogP contribution in [0.3, 0.4) is 0 Å². The van der Waals surface area contributed by atoms with E-state index in [2.05, 4.69) is 28.1 Å². The Labute approximate surface area is 181 Å². The third-order valence-corrected chi connectivity index (χ3v) is 8.11. The van der Waals surface area contributed by atoms with Crippen LogP contribution in [-0.2, 0) is 31.6 Å². The molecule has 0 aromatic carbocycles. The van der Waals surface area contributed by atoms with Crippen molar-refractivity contribution in [3.8, 4) is 0 Å². The molecule has 32 heavy (non-hydrogen) atoms. The molecule has 0 aliphatic carbocycles. The number of H-pyrrole nitrogens is 1. The van der Waals surface area contributed by atoms with Crippen LogP contribution in [-0.4, -0.2) is 68.4 Å². The lowest BCUT2D eigenvalue weighted by Gasteiger charge is -2.19. The van der Waals surface area contributed by atoms with Gasteiger partial charge in [-0.1, -0.05) is 0 Å². The molecular formula is C10H15ClN5O13P3. The predicted molar refractivity (Wildman–Crippen MR) is 102 cm³/mol. The Morgan fingerprint density at radius 3 is 2.50 bits per heavy atom. The van der Waals surface area contributed by atoms with E-state index in [4.69, 9.17) is 36.8 Å². The smallest absolute Gasteiger partial charge is 0.389 e. The molecule has 6 atom stereocenters. The number of phosphoric ester groups is 1. The Kier molecular flexibility index (Phi) is 7.02. The number of aliphatic hydroxyl groups excluding tert-OH is 1. The maximum atomic E-state index is 11.9. The Morgan fingerprint density at radius 2 is 1.88 bits per heavy atom. The van der Waals surface area contributed by atoms with Gasteiger partial charge >= 0.3 is 23.5 Å². The number of anilines is 1. The van der Waals surface area contributed by atoms with Gasteiger partial charge in [0.2, 0.25) is 5.95 Å². The van der Waals surface area contributed by atoms with Gasteiger partial charge in [-0.2, -0.15) is 13.6 Å². The first-order valence-electron chi connectivity index (χ1n) is 8.07. The maximum Gasteiger partial charge on any atom is 0.490 e. The molecule has 3 heterocycles. The van der Waals surface area contributed by atoms with Crippen molar-refractivity contribution in [1.82, 2.24) is 19.5 Å². The molecule has 3 rings (SSSR count). The molecule has 1 saturated heterocycles. The molecule has 0 saturated carbocycles. The molecule has 2 aromatic rings. The van der Waals surface area contributed by atoms with Gasteiger partial charge in [-0.3, -0.25) is 18.9 Å². The van der Waals surface area contributed by atoms with Crippen molar-refractivity contribution in [3.63, 3.8) is 0 Å². The molecule has 0 spiro atoms. The highest BCUT2D eigenvalue weighted by atomic mass is 35.5. The molecule has 22 heteroatoms. The van der Waals surface area contributed by atoms with Gasteiger partial charge in [0.05, 0.1) is 12.9 Å². The zero-order chi connectivity index (χ0) is 24.1. The molecule has 18 nitrogen and oxygen atoms in total. The fourth-order valence-electron chi connectivity index (χ4n) is 2.67. The van der Waals surface area contributed by atoms with Crippen LogP contribution < -0.4 is 11.3 Å². The highest BCUT2D eigenvalue weighted by molar-refractivity contribution is 7.66. The summed E-state index contributed by atoms with van der Waals surface area (Å²) in [7, 11) is -16.7. The second-order valence-corrected chi connectivity index (χ2v) is 11.1. The number of nitrogens with two attached hydrogens (primary N) is 1. The van der Waals surface area contributed by atoms with E-state index in [1.54, 1.807) is 0 Å². The van der Waals surface area contributed by atoms with Crippen molar-refractivity contribution in [2.45, 2.75) is 23.8 Å². The van der Waals surface area contributed by atoms with Crippen molar-refractivity contribution >= 4 is 52.2 Å². The number of hydrogen-bond acceptors (Lipinski definition) is 12. The number of phosphoric acid groups is 3. The molecule has 0 amide bonds. The van der Waals surface area contributed by atoms with Crippen LogP contribution in [0.2, 0.25) is 0 Å². The van der Waals surface area contributed by atoms with E-state index < -0.39 is 59.4 Å². The summed E-state index contributed by atoms with van der Waals surface area (Å²) in [6, 6.07) is 0. The molecule has 0 radical (unpaired) electrons.